The van der Waals surface area contributed by atoms with Crippen molar-refractivity contribution < 1.29 is 57.4 Å². The monoisotopic (exact) mass is 854 g/mol. The molecule has 7 atom stereocenters. The number of likely N-dealkylation sites (N-methyl/N-ethyl adjacent to an activating group) is 1. The number of phenols is 1. The number of nitrogens with one attached hydrogen (secondary N) is 1. The van der Waals surface area contributed by atoms with Crippen LogP contribution in [-0.2, 0) is 37.4 Å². The van der Waals surface area contributed by atoms with Crippen LogP contribution in [0.4, 0.5) is 4.79 Å². The summed E-state index contributed by atoms with van der Waals surface area (Å²) in [6.07, 6.45) is 1.44. The minimum atomic E-state index is -1.45. The molecule has 3 aromatic rings. The van der Waals surface area contributed by atoms with E-state index in [4.69, 9.17) is 37.9 Å². The minimum Gasteiger partial charge on any atom is -0.504 e. The van der Waals surface area contributed by atoms with Gasteiger partial charge in [-0.2, -0.15) is 5.26 Å². The number of nitrogens with zero attached hydrogens (tertiary/aromatic N) is 3. The number of hydrogen-bond acceptors (Lipinski definition) is 17. The third-order valence-corrected chi connectivity index (χ3v) is 14.4. The van der Waals surface area contributed by atoms with Gasteiger partial charge in [0.05, 0.1) is 37.6 Å². The second-order valence-corrected chi connectivity index (χ2v) is 17.2. The smallest absolute Gasteiger partial charge is 0.504 e. The first-order valence-corrected chi connectivity index (χ1v) is 21.1. The summed E-state index contributed by atoms with van der Waals surface area (Å²) < 4.78 is 47.0. The van der Waals surface area contributed by atoms with Crippen molar-refractivity contribution in [3.05, 3.63) is 75.4 Å². The van der Waals surface area contributed by atoms with Crippen LogP contribution in [0.1, 0.15) is 68.8 Å². The van der Waals surface area contributed by atoms with Gasteiger partial charge in [-0.3, -0.25) is 19.9 Å². The largest absolute Gasteiger partial charge is 0.514 e. The maximum Gasteiger partial charge on any atom is 0.514 e. The van der Waals surface area contributed by atoms with E-state index in [2.05, 4.69) is 27.8 Å². The molecular weight excluding hydrogens is 809 g/mol. The Balaban J connectivity index is 1.27. The number of methoxy groups -OCH3 is 2. The summed E-state index contributed by atoms with van der Waals surface area (Å²) in [7, 11) is 4.94. The van der Waals surface area contributed by atoms with Crippen LogP contribution in [0.2, 0.25) is 0 Å². The lowest BCUT2D eigenvalue weighted by atomic mass is 9.71. The molecule has 0 saturated carbocycles. The lowest BCUT2D eigenvalue weighted by Crippen LogP contribution is -2.69. The fraction of sp³-hybridized carbons (Fsp3) is 0.455. The number of nitriles is 1. The molecule has 1 spiro atoms. The van der Waals surface area contributed by atoms with E-state index in [1.54, 1.807) is 12.1 Å². The maximum atomic E-state index is 15.0. The van der Waals surface area contributed by atoms with Crippen LogP contribution in [0, 0.1) is 25.2 Å². The molecule has 0 aromatic heterocycles. The number of aromatic hydroxyl groups is 1. The fourth-order valence-electron chi connectivity index (χ4n) is 10.5. The van der Waals surface area contributed by atoms with Crippen molar-refractivity contribution in [1.29, 1.82) is 5.26 Å². The molecule has 320 valence electrons. The topological polar surface area (TPSA) is 188 Å². The van der Waals surface area contributed by atoms with Gasteiger partial charge < -0.3 is 43.0 Å². The summed E-state index contributed by atoms with van der Waals surface area (Å²) in [4.78, 5) is 44.9. The van der Waals surface area contributed by atoms with Crippen LogP contribution in [-0.4, -0.2) is 105 Å². The van der Waals surface area contributed by atoms with E-state index in [1.807, 2.05) is 27.0 Å². The van der Waals surface area contributed by atoms with Gasteiger partial charge in [0.2, 0.25) is 6.79 Å². The molecule has 7 aliphatic rings. The predicted octanol–water partition coefficient (Wildman–Crippen LogP) is 4.98. The summed E-state index contributed by atoms with van der Waals surface area (Å²) in [6.45, 7) is 8.64. The Hall–Kier alpha value is -5.67. The van der Waals surface area contributed by atoms with Gasteiger partial charge in [-0.05, 0) is 68.1 Å². The SMILES string of the molecule is C=CCOC(=O)Oc1cc2c(cc1OC)[C@@]1(CS[C@@H]3c4c(OC(C)=O)c(C)c5c(c4[C@H](COC1=O)N1C3[C@H]3c4c(cc(C)c(OC)c4O)C[C@@H]([C@@H]1C#N)N3C)OCO5)NCC2. The number of aryl methyl sites for hydroxylation is 1. The van der Waals surface area contributed by atoms with E-state index < -0.39 is 53.1 Å². The molecule has 2 fully saturated rings. The zero-order valence-electron chi connectivity index (χ0n) is 34.6. The van der Waals surface area contributed by atoms with Crippen molar-refractivity contribution in [3.8, 4) is 46.3 Å². The highest BCUT2D eigenvalue weighted by Gasteiger charge is 2.62. The summed E-state index contributed by atoms with van der Waals surface area (Å²) >= 11 is 1.45. The van der Waals surface area contributed by atoms with E-state index in [9.17, 15) is 24.8 Å². The van der Waals surface area contributed by atoms with Crippen LogP contribution < -0.4 is 33.7 Å². The molecular formula is C44H46N4O12S. The molecule has 10 rings (SSSR count). The highest BCUT2D eigenvalue weighted by molar-refractivity contribution is 7.99. The number of fused-ring (bicyclic) bond motifs is 9. The van der Waals surface area contributed by atoms with E-state index >= 15 is 0 Å². The third-order valence-electron chi connectivity index (χ3n) is 12.9. The number of thioether (sulfide) groups is 1. The molecule has 7 aliphatic heterocycles. The third kappa shape index (κ3) is 6.09. The number of carbonyl (C=O) groups excluding carboxylic acids is 3. The van der Waals surface area contributed by atoms with Crippen LogP contribution in [0.3, 0.4) is 0 Å². The van der Waals surface area contributed by atoms with Crippen LogP contribution >= 0.6 is 11.8 Å². The van der Waals surface area contributed by atoms with Crippen molar-refractivity contribution in [2.24, 2.45) is 0 Å². The highest BCUT2D eigenvalue weighted by atomic mass is 32.2. The fourth-order valence-corrected chi connectivity index (χ4v) is 12.2. The molecule has 3 aromatic carbocycles. The molecule has 4 bridgehead atoms. The molecule has 7 heterocycles. The van der Waals surface area contributed by atoms with Crippen LogP contribution in [0.25, 0.3) is 0 Å². The Morgan fingerprint density at radius 3 is 2.57 bits per heavy atom. The Bertz CT molecular complexity index is 2440. The molecule has 0 radical (unpaired) electrons. The number of carbonyl (C=O) groups is 3. The van der Waals surface area contributed by atoms with Gasteiger partial charge in [0.25, 0.3) is 0 Å². The zero-order chi connectivity index (χ0) is 43.1. The first kappa shape index (κ1) is 40.7. The first-order chi connectivity index (χ1) is 29.4. The Morgan fingerprint density at radius 2 is 1.85 bits per heavy atom. The quantitative estimate of drug-likeness (QED) is 0.146. The molecule has 16 nitrogen and oxygen atoms in total. The number of hydrogen-bond donors (Lipinski definition) is 2. The number of benzene rings is 3. The van der Waals surface area contributed by atoms with E-state index in [0.29, 0.717) is 70.2 Å². The van der Waals surface area contributed by atoms with Gasteiger partial charge in [-0.1, -0.05) is 18.7 Å². The van der Waals surface area contributed by atoms with Crippen LogP contribution in [0.5, 0.6) is 40.2 Å². The van der Waals surface area contributed by atoms with E-state index in [1.165, 1.54) is 39.0 Å². The Kier molecular flexibility index (Phi) is 10.2. The first-order valence-electron chi connectivity index (χ1n) is 20.0. The Labute approximate surface area is 356 Å². The van der Waals surface area contributed by atoms with Gasteiger partial charge in [0.15, 0.2) is 40.0 Å². The highest BCUT2D eigenvalue weighted by Crippen LogP contribution is 2.64. The minimum absolute atomic E-state index is 0.0210. The van der Waals surface area contributed by atoms with Gasteiger partial charge >= 0.3 is 18.1 Å². The lowest BCUT2D eigenvalue weighted by Gasteiger charge is -2.62. The standard InChI is InChI=1S/C44H46N4O12S/c1-8-11-55-43(52)60-30-14-23-9-10-46-44(25(23)15-29(30)53-6)18-61-41-33-32(40-39(57-19-58-40)21(3)38(33)59-22(4)49)28(17-56-42(44)51)48-27(16-45)26-13-24-12-20(2)37(54-7)36(50)31(24)34(35(41)48)47(26)5/h8,12,14-15,26-28,34-35,41,46,50H,1,9-11,13,17-19H2,2-7H3/t26-,27-,28-,34+,35?,41+,44+/m0/s1. The van der Waals surface area contributed by atoms with E-state index in [-0.39, 0.29) is 49.0 Å². The Morgan fingerprint density at radius 1 is 1.07 bits per heavy atom. The number of esters is 2. The van der Waals surface area contributed by atoms with Gasteiger partial charge in [-0.15, -0.1) is 11.8 Å². The van der Waals surface area contributed by atoms with Crippen molar-refractivity contribution in [1.82, 2.24) is 15.1 Å². The zero-order valence-corrected chi connectivity index (χ0v) is 35.4. The van der Waals surface area contributed by atoms with Gasteiger partial charge in [-0.25, -0.2) is 9.59 Å². The van der Waals surface area contributed by atoms with Crippen molar-refractivity contribution in [3.63, 3.8) is 0 Å². The second-order valence-electron chi connectivity index (χ2n) is 16.0. The van der Waals surface area contributed by atoms with Crippen molar-refractivity contribution in [2.45, 2.75) is 74.6 Å². The van der Waals surface area contributed by atoms with Gasteiger partial charge in [0, 0.05) is 53.6 Å². The summed E-state index contributed by atoms with van der Waals surface area (Å²) in [5, 5.41) is 26.2. The van der Waals surface area contributed by atoms with Gasteiger partial charge in [0.1, 0.15) is 25.0 Å². The van der Waals surface area contributed by atoms with Crippen molar-refractivity contribution in [2.75, 3.05) is 53.6 Å². The lowest BCUT2D eigenvalue weighted by molar-refractivity contribution is -0.157. The normalized spacial score (nSPS) is 27.0. The second kappa shape index (κ2) is 15.4. The average Bonchev–Trinajstić information content (AvgIpc) is 3.73. The maximum absolute atomic E-state index is 15.0. The molecule has 17 heteroatoms. The molecule has 0 aliphatic carbocycles. The number of rotatable bonds is 6. The molecule has 0 amide bonds. The summed E-state index contributed by atoms with van der Waals surface area (Å²) in [6, 6.07) is 5.10. The molecule has 2 saturated heterocycles. The van der Waals surface area contributed by atoms with Crippen molar-refractivity contribution >= 4 is 29.9 Å². The average molecular weight is 855 g/mol. The number of piperazine rings is 1. The molecule has 61 heavy (non-hydrogen) atoms. The number of ether oxygens (including phenoxy) is 8. The van der Waals surface area contributed by atoms with E-state index in [0.717, 1.165) is 16.7 Å². The van der Waals surface area contributed by atoms with Crippen LogP contribution in [0.15, 0.2) is 30.9 Å². The molecule has 1 unspecified atom stereocenters. The summed E-state index contributed by atoms with van der Waals surface area (Å²) in [5.41, 5.74) is 4.06. The predicted molar refractivity (Wildman–Crippen MR) is 218 cm³/mol. The summed E-state index contributed by atoms with van der Waals surface area (Å²) in [5.74, 6) is 0.845. The number of phenolic OH excluding ortho intramolecular Hbond substituents is 1. The molecule has 2 N–H and O–H groups in total.